The number of sulfonamides is 1. The van der Waals surface area contributed by atoms with Crippen molar-refractivity contribution in [3.05, 3.63) is 131 Å². The van der Waals surface area contributed by atoms with Gasteiger partial charge in [0.25, 0.3) is 10.0 Å². The first-order valence-electron chi connectivity index (χ1n) is 14.9. The number of rotatable bonds is 13. The lowest BCUT2D eigenvalue weighted by Crippen LogP contribution is -2.53. The smallest absolute Gasteiger partial charge is 0.264 e. The Morgan fingerprint density at radius 2 is 1.48 bits per heavy atom. The van der Waals surface area contributed by atoms with Crippen LogP contribution in [-0.2, 0) is 32.6 Å². The summed E-state index contributed by atoms with van der Waals surface area (Å²) in [7, 11) is -4.13. The van der Waals surface area contributed by atoms with Crippen molar-refractivity contribution in [2.75, 3.05) is 17.4 Å². The van der Waals surface area contributed by atoms with Gasteiger partial charge < -0.3 is 10.2 Å². The Morgan fingerprint density at radius 1 is 0.795 bits per heavy atom. The maximum absolute atomic E-state index is 14.5. The maximum atomic E-state index is 14.5. The quantitative estimate of drug-likeness (QED) is 0.202. The second kappa shape index (κ2) is 14.8. The Kier molecular flexibility index (Phi) is 11.0. The lowest BCUT2D eigenvalue weighted by atomic mass is 10.0. The molecule has 4 aromatic rings. The zero-order valence-corrected chi connectivity index (χ0v) is 26.7. The predicted molar refractivity (Wildman–Crippen MR) is 176 cm³/mol. The van der Waals surface area contributed by atoms with Gasteiger partial charge in [0.05, 0.1) is 10.6 Å². The maximum Gasteiger partial charge on any atom is 0.264 e. The van der Waals surface area contributed by atoms with Crippen LogP contribution in [0.5, 0.6) is 0 Å². The molecule has 2 amide bonds. The van der Waals surface area contributed by atoms with Crippen LogP contribution in [0.15, 0.2) is 108 Å². The minimum atomic E-state index is -4.13. The largest absolute Gasteiger partial charge is 0.354 e. The summed E-state index contributed by atoms with van der Waals surface area (Å²) in [6.07, 6.45) is 1.02. The SMILES string of the molecule is CCCNC(=O)C(Cc1ccccc1)N(Cc1ccccc1C)C(=O)CN(c1cccc(C)c1)S(=O)(=O)c1ccc(C)cc1. The van der Waals surface area contributed by atoms with Crippen LogP contribution in [0.25, 0.3) is 0 Å². The lowest BCUT2D eigenvalue weighted by Gasteiger charge is -2.34. The van der Waals surface area contributed by atoms with Crippen LogP contribution in [0.2, 0.25) is 0 Å². The van der Waals surface area contributed by atoms with E-state index in [1.165, 1.54) is 4.90 Å². The summed E-state index contributed by atoms with van der Waals surface area (Å²) < 4.78 is 29.4. The molecule has 8 heteroatoms. The van der Waals surface area contributed by atoms with Crippen molar-refractivity contribution in [1.82, 2.24) is 10.2 Å². The first-order chi connectivity index (χ1) is 21.1. The molecule has 0 bridgehead atoms. The van der Waals surface area contributed by atoms with E-state index in [0.717, 1.165) is 38.5 Å². The second-order valence-electron chi connectivity index (χ2n) is 11.1. The first-order valence-corrected chi connectivity index (χ1v) is 16.4. The summed E-state index contributed by atoms with van der Waals surface area (Å²) >= 11 is 0. The molecule has 7 nitrogen and oxygen atoms in total. The van der Waals surface area contributed by atoms with E-state index < -0.39 is 28.5 Å². The Hall–Kier alpha value is -4.43. The van der Waals surface area contributed by atoms with E-state index in [1.54, 1.807) is 42.5 Å². The average molecular weight is 612 g/mol. The molecule has 4 rings (SSSR count). The molecular formula is C36H41N3O4S. The molecule has 230 valence electrons. The highest BCUT2D eigenvalue weighted by Gasteiger charge is 2.34. The van der Waals surface area contributed by atoms with Gasteiger partial charge in [0.15, 0.2) is 0 Å². The molecule has 0 spiro atoms. The number of benzene rings is 4. The van der Waals surface area contributed by atoms with Crippen LogP contribution in [0, 0.1) is 20.8 Å². The number of hydrogen-bond acceptors (Lipinski definition) is 4. The second-order valence-corrected chi connectivity index (χ2v) is 13.0. The molecule has 0 fully saturated rings. The molecule has 1 unspecified atom stereocenters. The zero-order valence-electron chi connectivity index (χ0n) is 25.9. The topological polar surface area (TPSA) is 86.8 Å². The minimum absolute atomic E-state index is 0.0874. The summed E-state index contributed by atoms with van der Waals surface area (Å²) in [5.41, 5.74) is 4.91. The lowest BCUT2D eigenvalue weighted by molar-refractivity contribution is -0.140. The zero-order chi connectivity index (χ0) is 31.7. The van der Waals surface area contributed by atoms with Crippen LogP contribution in [-0.4, -0.2) is 44.3 Å². The fraction of sp³-hybridized carbons (Fsp3) is 0.278. The molecule has 0 aliphatic heterocycles. The third-order valence-electron chi connectivity index (χ3n) is 7.60. The van der Waals surface area contributed by atoms with E-state index in [9.17, 15) is 18.0 Å². The van der Waals surface area contributed by atoms with Gasteiger partial charge in [-0.3, -0.25) is 13.9 Å². The molecule has 1 atom stereocenters. The Bertz CT molecular complexity index is 1670. The van der Waals surface area contributed by atoms with Crippen LogP contribution in [0.1, 0.15) is 41.2 Å². The van der Waals surface area contributed by atoms with Gasteiger partial charge in [-0.05, 0) is 73.7 Å². The molecule has 0 aliphatic rings. The number of carbonyl (C=O) groups excluding carboxylic acids is 2. The van der Waals surface area contributed by atoms with Gasteiger partial charge >= 0.3 is 0 Å². The average Bonchev–Trinajstić information content (AvgIpc) is 3.01. The van der Waals surface area contributed by atoms with Gasteiger partial charge in [0, 0.05) is 19.5 Å². The summed E-state index contributed by atoms with van der Waals surface area (Å²) in [6, 6.07) is 30.1. The van der Waals surface area contributed by atoms with E-state index in [-0.39, 0.29) is 23.8 Å². The summed E-state index contributed by atoms with van der Waals surface area (Å²) in [6.45, 7) is 7.83. The first kappa shape index (κ1) is 32.5. The van der Waals surface area contributed by atoms with Crippen molar-refractivity contribution >= 4 is 27.5 Å². The van der Waals surface area contributed by atoms with Gasteiger partial charge in [-0.1, -0.05) is 91.3 Å². The summed E-state index contributed by atoms with van der Waals surface area (Å²) in [5.74, 6) is -0.751. The molecular weight excluding hydrogens is 570 g/mol. The van der Waals surface area contributed by atoms with Crippen molar-refractivity contribution in [3.8, 4) is 0 Å². The van der Waals surface area contributed by atoms with Crippen LogP contribution in [0.4, 0.5) is 5.69 Å². The highest BCUT2D eigenvalue weighted by molar-refractivity contribution is 7.92. The van der Waals surface area contributed by atoms with Crippen molar-refractivity contribution in [1.29, 1.82) is 0 Å². The van der Waals surface area contributed by atoms with Gasteiger partial charge in [0.1, 0.15) is 12.6 Å². The number of carbonyl (C=O) groups is 2. The molecule has 1 N–H and O–H groups in total. The summed E-state index contributed by atoms with van der Waals surface area (Å²) in [4.78, 5) is 29.9. The fourth-order valence-corrected chi connectivity index (χ4v) is 6.45. The highest BCUT2D eigenvalue weighted by Crippen LogP contribution is 2.26. The third kappa shape index (κ3) is 8.14. The van der Waals surface area contributed by atoms with Gasteiger partial charge in [-0.25, -0.2) is 8.42 Å². The van der Waals surface area contributed by atoms with Crippen molar-refractivity contribution in [3.63, 3.8) is 0 Å². The molecule has 44 heavy (non-hydrogen) atoms. The standard InChI is InChI=1S/C36H41N3O4S/c1-5-22-37-36(41)34(24-30-14-7-6-8-15-30)38(25-31-16-10-9-13-29(31)4)35(40)26-39(32-17-11-12-28(3)23-32)44(42,43)33-20-18-27(2)19-21-33/h6-21,23,34H,5,22,24-26H2,1-4H3,(H,37,41). The molecule has 0 aliphatic carbocycles. The molecule has 0 radical (unpaired) electrons. The number of nitrogens with one attached hydrogen (secondary N) is 1. The van der Waals surface area contributed by atoms with E-state index in [4.69, 9.17) is 0 Å². The molecule has 0 saturated heterocycles. The molecule has 0 saturated carbocycles. The number of aryl methyl sites for hydroxylation is 3. The van der Waals surface area contributed by atoms with E-state index >= 15 is 0 Å². The van der Waals surface area contributed by atoms with E-state index in [1.807, 2.05) is 88.4 Å². The molecule has 0 aromatic heterocycles. The minimum Gasteiger partial charge on any atom is -0.354 e. The summed E-state index contributed by atoms with van der Waals surface area (Å²) in [5, 5.41) is 2.98. The number of hydrogen-bond donors (Lipinski definition) is 1. The van der Waals surface area contributed by atoms with Crippen molar-refractivity contribution < 1.29 is 18.0 Å². The molecule has 0 heterocycles. The van der Waals surface area contributed by atoms with Gasteiger partial charge in [-0.15, -0.1) is 0 Å². The van der Waals surface area contributed by atoms with Crippen LogP contribution < -0.4 is 9.62 Å². The van der Waals surface area contributed by atoms with Crippen LogP contribution >= 0.6 is 0 Å². The number of amides is 2. The fourth-order valence-electron chi connectivity index (χ4n) is 5.04. The van der Waals surface area contributed by atoms with Crippen molar-refractivity contribution in [2.24, 2.45) is 0 Å². The predicted octanol–water partition coefficient (Wildman–Crippen LogP) is 5.97. The molecule has 4 aromatic carbocycles. The highest BCUT2D eigenvalue weighted by atomic mass is 32.2. The normalized spacial score (nSPS) is 11.9. The number of anilines is 1. The third-order valence-corrected chi connectivity index (χ3v) is 9.39. The van der Waals surface area contributed by atoms with Crippen molar-refractivity contribution in [2.45, 2.75) is 58.0 Å². The van der Waals surface area contributed by atoms with E-state index in [0.29, 0.717) is 12.2 Å². The van der Waals surface area contributed by atoms with Gasteiger partial charge in [0.2, 0.25) is 11.8 Å². The monoisotopic (exact) mass is 611 g/mol. The Morgan fingerprint density at radius 3 is 2.14 bits per heavy atom. The van der Waals surface area contributed by atoms with Crippen LogP contribution in [0.3, 0.4) is 0 Å². The Balaban J connectivity index is 1.80. The van der Waals surface area contributed by atoms with Gasteiger partial charge in [-0.2, -0.15) is 0 Å². The number of nitrogens with zero attached hydrogens (tertiary/aromatic N) is 2. The Labute approximate surface area is 261 Å². The van der Waals surface area contributed by atoms with E-state index in [2.05, 4.69) is 5.32 Å².